The van der Waals surface area contributed by atoms with Gasteiger partial charge in [-0.3, -0.25) is 9.52 Å². The minimum atomic E-state index is -4.63. The molecule has 11 heteroatoms. The molecule has 162 valence electrons. The summed E-state index contributed by atoms with van der Waals surface area (Å²) in [5, 5.41) is 2.42. The zero-order valence-corrected chi connectivity index (χ0v) is 16.8. The van der Waals surface area contributed by atoms with Crippen LogP contribution >= 0.6 is 0 Å². The number of carbonyl (C=O) groups excluding carboxylic acids is 1. The number of hydrogen-bond acceptors (Lipinski definition) is 5. The number of ether oxygens (including phenoxy) is 1. The SMILES string of the molecule is CNC(=O)c1ccc(S(=O)(=O)Nc2cc(C(F)(F)F)ccc2N2CCOCC2)cc1. The topological polar surface area (TPSA) is 87.7 Å². The van der Waals surface area contributed by atoms with Crippen LogP contribution in [0, 0.1) is 0 Å². The zero-order valence-electron chi connectivity index (χ0n) is 16.0. The summed E-state index contributed by atoms with van der Waals surface area (Å²) in [4.78, 5) is 13.2. The number of alkyl halides is 3. The van der Waals surface area contributed by atoms with Crippen molar-refractivity contribution in [2.75, 3.05) is 43.0 Å². The standard InChI is InChI=1S/C19H20F3N3O4S/c1-23-18(26)13-2-5-15(6-3-13)30(27,28)24-16-12-14(19(20,21)22)4-7-17(16)25-8-10-29-11-9-25/h2-7,12,24H,8-11H2,1H3,(H,23,26). The lowest BCUT2D eigenvalue weighted by atomic mass is 10.1. The first-order valence-electron chi connectivity index (χ1n) is 9.01. The summed E-state index contributed by atoms with van der Waals surface area (Å²) in [6.07, 6.45) is -4.63. The third-order valence-electron chi connectivity index (χ3n) is 4.57. The minimum Gasteiger partial charge on any atom is -0.378 e. The van der Waals surface area contributed by atoms with Gasteiger partial charge < -0.3 is 15.0 Å². The smallest absolute Gasteiger partial charge is 0.378 e. The Balaban J connectivity index is 1.97. The van der Waals surface area contributed by atoms with E-state index in [4.69, 9.17) is 4.74 Å². The van der Waals surface area contributed by atoms with Crippen molar-refractivity contribution in [2.24, 2.45) is 0 Å². The fraction of sp³-hybridized carbons (Fsp3) is 0.316. The molecule has 0 atom stereocenters. The van der Waals surface area contributed by atoms with Crippen molar-refractivity contribution in [3.8, 4) is 0 Å². The summed E-state index contributed by atoms with van der Waals surface area (Å²) >= 11 is 0. The quantitative estimate of drug-likeness (QED) is 0.742. The number of nitrogens with one attached hydrogen (secondary N) is 2. The Labute approximate surface area is 171 Å². The van der Waals surface area contributed by atoms with Gasteiger partial charge in [-0.2, -0.15) is 13.2 Å². The van der Waals surface area contributed by atoms with Crippen LogP contribution in [-0.2, 0) is 20.9 Å². The fourth-order valence-electron chi connectivity index (χ4n) is 3.01. The van der Waals surface area contributed by atoms with Gasteiger partial charge in [-0.05, 0) is 42.5 Å². The molecule has 30 heavy (non-hydrogen) atoms. The van der Waals surface area contributed by atoms with Crippen LogP contribution in [0.5, 0.6) is 0 Å². The highest BCUT2D eigenvalue weighted by molar-refractivity contribution is 7.92. The number of carbonyl (C=O) groups is 1. The van der Waals surface area contributed by atoms with Gasteiger partial charge in [0.1, 0.15) is 0 Å². The number of hydrogen-bond donors (Lipinski definition) is 2. The van der Waals surface area contributed by atoms with E-state index in [9.17, 15) is 26.4 Å². The Morgan fingerprint density at radius 3 is 2.27 bits per heavy atom. The van der Waals surface area contributed by atoms with Crippen molar-refractivity contribution in [3.63, 3.8) is 0 Å². The molecule has 3 rings (SSSR count). The van der Waals surface area contributed by atoms with Gasteiger partial charge in [-0.25, -0.2) is 8.42 Å². The molecule has 0 spiro atoms. The Bertz CT molecular complexity index is 1020. The van der Waals surface area contributed by atoms with Crippen LogP contribution in [0.1, 0.15) is 15.9 Å². The second-order valence-electron chi connectivity index (χ2n) is 6.54. The van der Waals surface area contributed by atoms with Gasteiger partial charge in [0.2, 0.25) is 0 Å². The number of amides is 1. The molecule has 0 radical (unpaired) electrons. The molecular formula is C19H20F3N3O4S. The molecule has 1 saturated heterocycles. The van der Waals surface area contributed by atoms with Crippen LogP contribution in [0.15, 0.2) is 47.4 Å². The summed E-state index contributed by atoms with van der Waals surface area (Å²) < 4.78 is 72.8. The second kappa shape index (κ2) is 8.52. The van der Waals surface area contributed by atoms with Gasteiger partial charge in [-0.1, -0.05) is 0 Å². The molecule has 2 aromatic rings. The maximum Gasteiger partial charge on any atom is 0.416 e. The van der Waals surface area contributed by atoms with Crippen molar-refractivity contribution in [2.45, 2.75) is 11.1 Å². The van der Waals surface area contributed by atoms with E-state index in [-0.39, 0.29) is 22.1 Å². The molecule has 2 aromatic carbocycles. The molecule has 1 heterocycles. The minimum absolute atomic E-state index is 0.179. The molecule has 7 nitrogen and oxygen atoms in total. The third kappa shape index (κ3) is 4.85. The lowest BCUT2D eigenvalue weighted by molar-refractivity contribution is -0.137. The van der Waals surface area contributed by atoms with E-state index in [1.54, 1.807) is 4.90 Å². The second-order valence-corrected chi connectivity index (χ2v) is 8.22. The van der Waals surface area contributed by atoms with E-state index in [0.717, 1.165) is 12.1 Å². The number of halogens is 3. The summed E-state index contributed by atoms with van der Waals surface area (Å²) in [5.41, 5.74) is -0.560. The number of rotatable bonds is 5. The normalized spacial score (nSPS) is 15.0. The van der Waals surface area contributed by atoms with Gasteiger partial charge in [0.15, 0.2) is 0 Å². The average Bonchev–Trinajstić information content (AvgIpc) is 2.73. The van der Waals surface area contributed by atoms with Gasteiger partial charge in [0.05, 0.1) is 35.0 Å². The number of nitrogens with zero attached hydrogens (tertiary/aromatic N) is 1. The number of anilines is 2. The molecule has 1 aliphatic heterocycles. The molecule has 0 aromatic heterocycles. The predicted octanol–water partition coefficient (Wildman–Crippen LogP) is 2.70. The first-order valence-corrected chi connectivity index (χ1v) is 10.5. The molecule has 1 aliphatic rings. The van der Waals surface area contributed by atoms with Crippen molar-refractivity contribution < 1.29 is 31.1 Å². The van der Waals surface area contributed by atoms with E-state index < -0.39 is 21.8 Å². The molecule has 1 fully saturated rings. The van der Waals surface area contributed by atoms with Crippen molar-refractivity contribution in [3.05, 3.63) is 53.6 Å². The van der Waals surface area contributed by atoms with Gasteiger partial charge in [0, 0.05) is 25.7 Å². The molecule has 0 bridgehead atoms. The zero-order chi connectivity index (χ0) is 21.9. The van der Waals surface area contributed by atoms with Crippen molar-refractivity contribution in [1.82, 2.24) is 5.32 Å². The van der Waals surface area contributed by atoms with Gasteiger partial charge >= 0.3 is 6.18 Å². The summed E-state index contributed by atoms with van der Waals surface area (Å²) in [5.74, 6) is -0.389. The molecule has 2 N–H and O–H groups in total. The van der Waals surface area contributed by atoms with Crippen LogP contribution in [0.4, 0.5) is 24.5 Å². The number of sulfonamides is 1. The average molecular weight is 443 g/mol. The number of morpholine rings is 1. The lowest BCUT2D eigenvalue weighted by Gasteiger charge is -2.31. The summed E-state index contributed by atoms with van der Waals surface area (Å²) in [6.45, 7) is 1.60. The fourth-order valence-corrected chi connectivity index (χ4v) is 4.07. The summed E-state index contributed by atoms with van der Waals surface area (Å²) in [6, 6.07) is 8.03. The Morgan fingerprint density at radius 2 is 1.70 bits per heavy atom. The first kappa shape index (κ1) is 21.9. The number of benzene rings is 2. The third-order valence-corrected chi connectivity index (χ3v) is 5.96. The van der Waals surface area contributed by atoms with E-state index in [1.165, 1.54) is 37.4 Å². The van der Waals surface area contributed by atoms with Gasteiger partial charge in [-0.15, -0.1) is 0 Å². The Hall–Kier alpha value is -2.79. The van der Waals surface area contributed by atoms with Gasteiger partial charge in [0.25, 0.3) is 15.9 Å². The van der Waals surface area contributed by atoms with E-state index in [1.807, 2.05) is 0 Å². The van der Waals surface area contributed by atoms with Crippen LogP contribution in [0.25, 0.3) is 0 Å². The van der Waals surface area contributed by atoms with E-state index in [2.05, 4.69) is 10.0 Å². The van der Waals surface area contributed by atoms with Crippen LogP contribution < -0.4 is 14.9 Å². The van der Waals surface area contributed by atoms with E-state index in [0.29, 0.717) is 32.0 Å². The first-order chi connectivity index (χ1) is 14.1. The molecule has 0 unspecified atom stereocenters. The van der Waals surface area contributed by atoms with Crippen molar-refractivity contribution >= 4 is 27.3 Å². The largest absolute Gasteiger partial charge is 0.416 e. The highest BCUT2D eigenvalue weighted by Crippen LogP contribution is 2.36. The molecular weight excluding hydrogens is 423 g/mol. The monoisotopic (exact) mass is 443 g/mol. The van der Waals surface area contributed by atoms with Crippen molar-refractivity contribution in [1.29, 1.82) is 0 Å². The molecule has 0 aliphatic carbocycles. The highest BCUT2D eigenvalue weighted by atomic mass is 32.2. The van der Waals surface area contributed by atoms with Crippen LogP contribution in [0.3, 0.4) is 0 Å². The Kier molecular flexibility index (Phi) is 6.22. The van der Waals surface area contributed by atoms with E-state index >= 15 is 0 Å². The van der Waals surface area contributed by atoms with Crippen LogP contribution in [-0.4, -0.2) is 47.7 Å². The highest BCUT2D eigenvalue weighted by Gasteiger charge is 2.32. The maximum atomic E-state index is 13.2. The van der Waals surface area contributed by atoms with Crippen LogP contribution in [0.2, 0.25) is 0 Å². The summed E-state index contributed by atoms with van der Waals surface area (Å²) in [7, 11) is -2.75. The molecule has 0 saturated carbocycles. The predicted molar refractivity (Wildman–Crippen MR) is 105 cm³/mol. The lowest BCUT2D eigenvalue weighted by Crippen LogP contribution is -2.36. The molecule has 1 amide bonds. The Morgan fingerprint density at radius 1 is 1.07 bits per heavy atom. The maximum absolute atomic E-state index is 13.2.